The molecule has 2 heterocycles. The number of ether oxygens (including phenoxy) is 1. The largest absolute Gasteiger partial charge is 0.444 e. The Bertz CT molecular complexity index is 581. The van der Waals surface area contributed by atoms with Crippen LogP contribution in [0.2, 0.25) is 0 Å². The molecule has 2 aliphatic heterocycles. The van der Waals surface area contributed by atoms with Gasteiger partial charge >= 0.3 is 6.09 Å². The zero-order valence-electron chi connectivity index (χ0n) is 18.7. The molecule has 2 saturated heterocycles. The van der Waals surface area contributed by atoms with Gasteiger partial charge < -0.3 is 25.2 Å². The summed E-state index contributed by atoms with van der Waals surface area (Å²) in [6.45, 7) is 13.8. The number of hydrogen-bond donors (Lipinski definition) is 2. The van der Waals surface area contributed by atoms with Gasteiger partial charge in [0.05, 0.1) is 0 Å². The van der Waals surface area contributed by atoms with Gasteiger partial charge in [0.15, 0.2) is 5.96 Å². The molecule has 0 saturated carbocycles. The molecule has 0 aliphatic carbocycles. The summed E-state index contributed by atoms with van der Waals surface area (Å²) in [6, 6.07) is 0.245. The first-order chi connectivity index (χ1) is 13.7. The van der Waals surface area contributed by atoms with Gasteiger partial charge in [-0.05, 0) is 27.2 Å². The Kier molecular flexibility index (Phi) is 8.55. The van der Waals surface area contributed by atoms with Crippen LogP contribution in [-0.2, 0) is 9.53 Å². The predicted molar refractivity (Wildman–Crippen MR) is 114 cm³/mol. The first kappa shape index (κ1) is 23.3. The van der Waals surface area contributed by atoms with Crippen LogP contribution in [0, 0.1) is 0 Å². The molecule has 0 spiro atoms. The summed E-state index contributed by atoms with van der Waals surface area (Å²) in [5.74, 6) is 0.982. The van der Waals surface area contributed by atoms with Gasteiger partial charge in [-0.1, -0.05) is 6.92 Å². The van der Waals surface area contributed by atoms with E-state index >= 15 is 0 Å². The molecular formula is C20H38N6O3. The third kappa shape index (κ3) is 7.72. The van der Waals surface area contributed by atoms with Crippen molar-refractivity contribution in [3.63, 3.8) is 0 Å². The average molecular weight is 411 g/mol. The van der Waals surface area contributed by atoms with Crippen LogP contribution in [0.25, 0.3) is 0 Å². The van der Waals surface area contributed by atoms with Crippen LogP contribution in [-0.4, -0.2) is 104 Å². The predicted octanol–water partition coefficient (Wildman–Crippen LogP) is 0.715. The molecule has 166 valence electrons. The highest BCUT2D eigenvalue weighted by atomic mass is 16.6. The van der Waals surface area contributed by atoms with Crippen molar-refractivity contribution < 1.29 is 14.3 Å². The summed E-state index contributed by atoms with van der Waals surface area (Å²) in [5, 5.41) is 6.77. The Hall–Kier alpha value is -2.03. The van der Waals surface area contributed by atoms with Crippen molar-refractivity contribution in [3.8, 4) is 0 Å². The van der Waals surface area contributed by atoms with Gasteiger partial charge in [-0.2, -0.15) is 0 Å². The number of amides is 2. The summed E-state index contributed by atoms with van der Waals surface area (Å²) in [6.07, 6.45) is 1.27. The molecule has 2 N–H and O–H groups in total. The number of nitrogens with one attached hydrogen (secondary N) is 2. The zero-order valence-corrected chi connectivity index (χ0v) is 18.7. The summed E-state index contributed by atoms with van der Waals surface area (Å²) in [4.78, 5) is 34.3. The third-order valence-corrected chi connectivity index (χ3v) is 5.15. The van der Waals surface area contributed by atoms with Gasteiger partial charge in [0.25, 0.3) is 0 Å². The maximum atomic E-state index is 12.1. The van der Waals surface area contributed by atoms with Crippen molar-refractivity contribution in [2.75, 3.05) is 59.4 Å². The van der Waals surface area contributed by atoms with E-state index in [9.17, 15) is 9.59 Å². The maximum Gasteiger partial charge on any atom is 0.410 e. The minimum Gasteiger partial charge on any atom is -0.444 e. The maximum absolute atomic E-state index is 12.1. The van der Waals surface area contributed by atoms with Crippen molar-refractivity contribution >= 4 is 18.0 Å². The van der Waals surface area contributed by atoms with Gasteiger partial charge in [0.1, 0.15) is 5.60 Å². The molecule has 1 atom stereocenters. The number of piperazine rings is 1. The van der Waals surface area contributed by atoms with Crippen molar-refractivity contribution in [2.45, 2.75) is 52.2 Å². The fraction of sp³-hybridized carbons (Fsp3) is 0.850. The van der Waals surface area contributed by atoms with E-state index < -0.39 is 5.60 Å². The number of aliphatic imine (C=N–C) groups is 1. The SMILES string of the molecule is CCC(=O)N1CCC(NC(=NC)NCCN2CCN(C(=O)OC(C)(C)C)CC2)C1. The number of rotatable bonds is 5. The standard InChI is InChI=1S/C20H38N6O3/c1-6-17(27)26-9-7-16(15-26)23-18(21-5)22-8-10-24-11-13-25(14-12-24)19(28)29-20(2,3)4/h16H,6-15H2,1-5H3,(H2,21,22,23). The number of likely N-dealkylation sites (tertiary alicyclic amines) is 1. The first-order valence-electron chi connectivity index (χ1n) is 10.7. The number of hydrogen-bond acceptors (Lipinski definition) is 5. The zero-order chi connectivity index (χ0) is 21.4. The second kappa shape index (κ2) is 10.7. The lowest BCUT2D eigenvalue weighted by atomic mass is 10.2. The van der Waals surface area contributed by atoms with E-state index in [0.717, 1.165) is 51.6 Å². The van der Waals surface area contributed by atoms with Crippen molar-refractivity contribution in [3.05, 3.63) is 0 Å². The molecule has 0 aromatic carbocycles. The number of guanidine groups is 1. The van der Waals surface area contributed by atoms with E-state index in [0.29, 0.717) is 19.5 Å². The quantitative estimate of drug-likeness (QED) is 0.513. The van der Waals surface area contributed by atoms with E-state index in [1.807, 2.05) is 32.6 Å². The first-order valence-corrected chi connectivity index (χ1v) is 10.7. The van der Waals surface area contributed by atoms with Crippen LogP contribution >= 0.6 is 0 Å². The fourth-order valence-electron chi connectivity index (χ4n) is 3.53. The molecule has 0 bridgehead atoms. The molecule has 0 aromatic heterocycles. The van der Waals surface area contributed by atoms with Crippen molar-refractivity contribution in [1.29, 1.82) is 0 Å². The van der Waals surface area contributed by atoms with E-state index in [4.69, 9.17) is 4.74 Å². The monoisotopic (exact) mass is 410 g/mol. The molecule has 0 aromatic rings. The molecular weight excluding hydrogens is 372 g/mol. The van der Waals surface area contributed by atoms with Crippen LogP contribution in [0.15, 0.2) is 4.99 Å². The number of carbonyl (C=O) groups is 2. The Balaban J connectivity index is 1.64. The Morgan fingerprint density at radius 3 is 2.38 bits per heavy atom. The van der Waals surface area contributed by atoms with Crippen LogP contribution in [0.5, 0.6) is 0 Å². The third-order valence-electron chi connectivity index (χ3n) is 5.15. The Morgan fingerprint density at radius 1 is 1.10 bits per heavy atom. The molecule has 9 nitrogen and oxygen atoms in total. The number of nitrogens with zero attached hydrogens (tertiary/aromatic N) is 4. The minimum atomic E-state index is -0.457. The van der Waals surface area contributed by atoms with Crippen LogP contribution in [0.1, 0.15) is 40.5 Å². The highest BCUT2D eigenvalue weighted by Gasteiger charge is 2.27. The van der Waals surface area contributed by atoms with E-state index in [1.165, 1.54) is 0 Å². The summed E-state index contributed by atoms with van der Waals surface area (Å²) < 4.78 is 5.44. The molecule has 9 heteroatoms. The second-order valence-electron chi connectivity index (χ2n) is 8.63. The van der Waals surface area contributed by atoms with Crippen molar-refractivity contribution in [2.24, 2.45) is 4.99 Å². The molecule has 1 unspecified atom stereocenters. The smallest absolute Gasteiger partial charge is 0.410 e. The summed E-state index contributed by atoms with van der Waals surface area (Å²) in [7, 11) is 1.76. The summed E-state index contributed by atoms with van der Waals surface area (Å²) in [5.41, 5.74) is -0.457. The van der Waals surface area contributed by atoms with E-state index in [-0.39, 0.29) is 18.0 Å². The van der Waals surface area contributed by atoms with Gasteiger partial charge in [0, 0.05) is 71.9 Å². The van der Waals surface area contributed by atoms with Crippen molar-refractivity contribution in [1.82, 2.24) is 25.3 Å². The van der Waals surface area contributed by atoms with Crippen LogP contribution in [0.3, 0.4) is 0 Å². The normalized spacial score (nSPS) is 21.3. The Labute approximate surface area is 174 Å². The highest BCUT2D eigenvalue weighted by Crippen LogP contribution is 2.12. The summed E-state index contributed by atoms with van der Waals surface area (Å²) >= 11 is 0. The van der Waals surface area contributed by atoms with Crippen LogP contribution < -0.4 is 10.6 Å². The molecule has 29 heavy (non-hydrogen) atoms. The lowest BCUT2D eigenvalue weighted by Crippen LogP contribution is -2.52. The second-order valence-corrected chi connectivity index (χ2v) is 8.63. The van der Waals surface area contributed by atoms with Gasteiger partial charge in [-0.3, -0.25) is 14.7 Å². The van der Waals surface area contributed by atoms with Crippen LogP contribution in [0.4, 0.5) is 4.79 Å². The molecule has 2 aliphatic rings. The van der Waals surface area contributed by atoms with Gasteiger partial charge in [0.2, 0.25) is 5.91 Å². The number of carbonyl (C=O) groups excluding carboxylic acids is 2. The van der Waals surface area contributed by atoms with Gasteiger partial charge in [-0.15, -0.1) is 0 Å². The highest BCUT2D eigenvalue weighted by molar-refractivity contribution is 5.80. The molecule has 0 radical (unpaired) electrons. The van der Waals surface area contributed by atoms with Gasteiger partial charge in [-0.25, -0.2) is 4.79 Å². The molecule has 2 amide bonds. The molecule has 2 fully saturated rings. The minimum absolute atomic E-state index is 0.211. The topological polar surface area (TPSA) is 89.5 Å². The van der Waals surface area contributed by atoms with E-state index in [2.05, 4.69) is 20.5 Å². The lowest BCUT2D eigenvalue weighted by Gasteiger charge is -2.35. The fourth-order valence-corrected chi connectivity index (χ4v) is 3.53. The Morgan fingerprint density at radius 2 is 1.79 bits per heavy atom. The lowest BCUT2D eigenvalue weighted by molar-refractivity contribution is -0.129. The average Bonchev–Trinajstić information content (AvgIpc) is 3.14. The van der Waals surface area contributed by atoms with E-state index in [1.54, 1.807) is 11.9 Å². The molecule has 2 rings (SSSR count).